The Morgan fingerprint density at radius 2 is 2.00 bits per heavy atom. The molecule has 1 aromatic carbocycles. The van der Waals surface area contributed by atoms with Crippen LogP contribution < -0.4 is 10.5 Å². The van der Waals surface area contributed by atoms with Gasteiger partial charge in [0.15, 0.2) is 0 Å². The minimum Gasteiger partial charge on any atom is -0.436 e. The van der Waals surface area contributed by atoms with Crippen LogP contribution in [0.5, 0.6) is 11.6 Å². The van der Waals surface area contributed by atoms with Crippen LogP contribution in [0.3, 0.4) is 0 Å². The Bertz CT molecular complexity index is 704. The summed E-state index contributed by atoms with van der Waals surface area (Å²) in [7, 11) is 0. The number of benzene rings is 1. The molecule has 2 rings (SSSR count). The summed E-state index contributed by atoms with van der Waals surface area (Å²) in [5, 5.41) is 17.7. The van der Waals surface area contributed by atoms with E-state index in [-0.39, 0.29) is 5.88 Å². The molecule has 0 saturated carbocycles. The van der Waals surface area contributed by atoms with Crippen molar-refractivity contribution in [2.24, 2.45) is 0 Å². The summed E-state index contributed by atoms with van der Waals surface area (Å²) in [6.45, 7) is 5.90. The minimum atomic E-state index is 0.236. The van der Waals surface area contributed by atoms with Crippen LogP contribution in [0.2, 0.25) is 0 Å². The molecule has 0 fully saturated rings. The molecular weight excluding hydrogens is 264 g/mol. The van der Waals surface area contributed by atoms with E-state index in [9.17, 15) is 5.26 Å². The Balaban J connectivity index is 2.50. The van der Waals surface area contributed by atoms with Gasteiger partial charge in [0.2, 0.25) is 0 Å². The molecule has 0 radical (unpaired) electrons. The molecule has 1 heterocycles. The third-order valence-electron chi connectivity index (χ3n) is 3.34. The van der Waals surface area contributed by atoms with Gasteiger partial charge in [-0.25, -0.2) is 0 Å². The van der Waals surface area contributed by atoms with Gasteiger partial charge >= 0.3 is 0 Å². The van der Waals surface area contributed by atoms with Crippen LogP contribution in [0.15, 0.2) is 18.2 Å². The third kappa shape index (κ3) is 2.95. The van der Waals surface area contributed by atoms with Crippen LogP contribution >= 0.6 is 0 Å². The maximum Gasteiger partial charge on any atom is 0.257 e. The van der Waals surface area contributed by atoms with E-state index in [2.05, 4.69) is 16.3 Å². The first-order chi connectivity index (χ1) is 10.1. The van der Waals surface area contributed by atoms with Crippen molar-refractivity contribution in [2.45, 2.75) is 33.6 Å². The van der Waals surface area contributed by atoms with Gasteiger partial charge in [0.25, 0.3) is 5.88 Å². The number of anilines is 1. The quantitative estimate of drug-likeness (QED) is 0.871. The van der Waals surface area contributed by atoms with Crippen molar-refractivity contribution < 1.29 is 4.74 Å². The molecule has 0 spiro atoms. The first-order valence-corrected chi connectivity index (χ1v) is 6.93. The molecule has 0 aliphatic heterocycles. The zero-order chi connectivity index (χ0) is 15.4. The Labute approximate surface area is 124 Å². The van der Waals surface area contributed by atoms with Crippen molar-refractivity contribution >= 4 is 5.69 Å². The van der Waals surface area contributed by atoms with E-state index in [1.165, 1.54) is 0 Å². The fourth-order valence-corrected chi connectivity index (χ4v) is 2.17. The molecule has 108 valence electrons. The Morgan fingerprint density at radius 1 is 1.24 bits per heavy atom. The fraction of sp³-hybridized carbons (Fsp3) is 0.312. The highest BCUT2D eigenvalue weighted by Gasteiger charge is 2.16. The summed E-state index contributed by atoms with van der Waals surface area (Å²) < 4.78 is 5.78. The summed E-state index contributed by atoms with van der Waals surface area (Å²) in [4.78, 5) is 0. The molecule has 0 amide bonds. The first-order valence-electron chi connectivity index (χ1n) is 6.93. The van der Waals surface area contributed by atoms with Crippen LogP contribution in [0.25, 0.3) is 0 Å². The summed E-state index contributed by atoms with van der Waals surface area (Å²) in [5.41, 5.74) is 9.48. The molecule has 2 aromatic rings. The van der Waals surface area contributed by atoms with E-state index in [1.54, 1.807) is 12.1 Å². The number of rotatable bonds is 4. The number of ether oxygens (including phenoxy) is 1. The standard InChI is InChI=1S/C16H18N4O/c1-4-12-13(9-17)16(20-19-14(12)5-2)21-15-8-11(18)7-6-10(15)3/h6-8H,4-5,18H2,1-3H3. The second-order valence-electron chi connectivity index (χ2n) is 4.75. The molecule has 0 bridgehead atoms. The van der Waals surface area contributed by atoms with Gasteiger partial charge in [-0.15, -0.1) is 5.10 Å². The highest BCUT2D eigenvalue weighted by molar-refractivity contribution is 5.52. The number of hydrogen-bond acceptors (Lipinski definition) is 5. The lowest BCUT2D eigenvalue weighted by atomic mass is 10.0. The van der Waals surface area contributed by atoms with Crippen LogP contribution in [0, 0.1) is 18.3 Å². The number of nitrogens with zero attached hydrogens (tertiary/aromatic N) is 3. The van der Waals surface area contributed by atoms with Crippen molar-refractivity contribution in [3.05, 3.63) is 40.6 Å². The Morgan fingerprint density at radius 3 is 2.62 bits per heavy atom. The normalized spacial score (nSPS) is 10.2. The topological polar surface area (TPSA) is 84.8 Å². The smallest absolute Gasteiger partial charge is 0.257 e. The molecule has 5 heteroatoms. The highest BCUT2D eigenvalue weighted by atomic mass is 16.5. The van der Waals surface area contributed by atoms with Crippen molar-refractivity contribution in [1.29, 1.82) is 5.26 Å². The fourth-order valence-electron chi connectivity index (χ4n) is 2.17. The number of nitrogens with two attached hydrogens (primary N) is 1. The monoisotopic (exact) mass is 282 g/mol. The molecule has 0 aliphatic carbocycles. The van der Waals surface area contributed by atoms with Crippen LogP contribution in [0.1, 0.15) is 36.2 Å². The van der Waals surface area contributed by atoms with Crippen molar-refractivity contribution in [3.63, 3.8) is 0 Å². The van der Waals surface area contributed by atoms with E-state index >= 15 is 0 Å². The maximum atomic E-state index is 9.43. The Hall–Kier alpha value is -2.61. The first kappa shape index (κ1) is 14.8. The zero-order valence-corrected chi connectivity index (χ0v) is 12.5. The van der Waals surface area contributed by atoms with E-state index in [0.717, 1.165) is 23.2 Å². The number of nitrogen functional groups attached to an aromatic ring is 1. The maximum absolute atomic E-state index is 9.43. The molecule has 0 unspecified atom stereocenters. The zero-order valence-electron chi connectivity index (χ0n) is 12.5. The van der Waals surface area contributed by atoms with Crippen molar-refractivity contribution in [3.8, 4) is 17.7 Å². The highest BCUT2D eigenvalue weighted by Crippen LogP contribution is 2.29. The van der Waals surface area contributed by atoms with E-state index < -0.39 is 0 Å². The Kier molecular flexibility index (Phi) is 4.39. The molecule has 0 saturated heterocycles. The lowest BCUT2D eigenvalue weighted by molar-refractivity contribution is 0.448. The third-order valence-corrected chi connectivity index (χ3v) is 3.34. The average Bonchev–Trinajstić information content (AvgIpc) is 2.50. The van der Waals surface area contributed by atoms with Gasteiger partial charge < -0.3 is 10.5 Å². The minimum absolute atomic E-state index is 0.236. The van der Waals surface area contributed by atoms with Crippen LogP contribution in [-0.4, -0.2) is 10.2 Å². The van der Waals surface area contributed by atoms with Gasteiger partial charge in [-0.3, -0.25) is 0 Å². The van der Waals surface area contributed by atoms with Crippen molar-refractivity contribution in [2.75, 3.05) is 5.73 Å². The summed E-state index contributed by atoms with van der Waals surface area (Å²) in [6, 6.07) is 7.57. The molecule has 0 atom stereocenters. The van der Waals surface area contributed by atoms with Gasteiger partial charge in [-0.2, -0.15) is 10.4 Å². The van der Waals surface area contributed by atoms with Gasteiger partial charge in [0.05, 0.1) is 5.69 Å². The molecule has 21 heavy (non-hydrogen) atoms. The lowest BCUT2D eigenvalue weighted by Crippen LogP contribution is -2.05. The predicted octanol–water partition coefficient (Wildman–Crippen LogP) is 3.16. The van der Waals surface area contributed by atoms with Gasteiger partial charge in [-0.1, -0.05) is 19.9 Å². The van der Waals surface area contributed by atoms with E-state index in [1.807, 2.05) is 26.8 Å². The molecule has 2 N–H and O–H groups in total. The molecular formula is C16H18N4O. The number of hydrogen-bond donors (Lipinski definition) is 1. The van der Waals surface area contributed by atoms with Gasteiger partial charge in [0.1, 0.15) is 17.4 Å². The SMILES string of the molecule is CCc1nnc(Oc2cc(N)ccc2C)c(C#N)c1CC. The van der Waals surface area contributed by atoms with Crippen molar-refractivity contribution in [1.82, 2.24) is 10.2 Å². The molecule has 5 nitrogen and oxygen atoms in total. The summed E-state index contributed by atoms with van der Waals surface area (Å²) in [5.74, 6) is 0.826. The predicted molar refractivity (Wildman–Crippen MR) is 81.2 cm³/mol. The molecule has 1 aromatic heterocycles. The van der Waals surface area contributed by atoms with E-state index in [4.69, 9.17) is 10.5 Å². The van der Waals surface area contributed by atoms with Gasteiger partial charge in [-0.05, 0) is 37.0 Å². The second-order valence-corrected chi connectivity index (χ2v) is 4.75. The number of aromatic nitrogens is 2. The number of aryl methyl sites for hydroxylation is 2. The van der Waals surface area contributed by atoms with Crippen LogP contribution in [0.4, 0.5) is 5.69 Å². The average molecular weight is 282 g/mol. The summed E-state index contributed by atoms with van der Waals surface area (Å²) in [6.07, 6.45) is 1.45. The van der Waals surface area contributed by atoms with Crippen LogP contribution in [-0.2, 0) is 12.8 Å². The lowest BCUT2D eigenvalue weighted by Gasteiger charge is -2.12. The molecule has 0 aliphatic rings. The van der Waals surface area contributed by atoms with E-state index in [0.29, 0.717) is 23.4 Å². The number of nitriles is 1. The summed E-state index contributed by atoms with van der Waals surface area (Å²) >= 11 is 0. The largest absolute Gasteiger partial charge is 0.436 e. The van der Waals surface area contributed by atoms with Gasteiger partial charge in [0, 0.05) is 11.8 Å². The second kappa shape index (κ2) is 6.23.